The standard InChI is InChI=1S/C35H55N7O6/c1-5-23(4)32(35(48)38-19-25-13-9-10-14-37-25)42-33(46)27(22(2)3)17-30(44)28(15-24-11-7-6-8-12-24)41-34(47)29(40-31(45)20-43)16-26-18-36-21-39-26/h9-10,13-14,18,21-24,27-30,32,43-44H,5-8,11-12,15-17,19-20H2,1-4H3,(H,36,39)(H,38,48)(H,40,45)(H,41,47)(H,42,46)/t23-,27-,28-,29-,30-,32-/m0/s1. The van der Waals surface area contributed by atoms with Crippen molar-refractivity contribution in [3.05, 3.63) is 48.3 Å². The summed E-state index contributed by atoms with van der Waals surface area (Å²) in [6, 6.07) is 2.98. The summed E-state index contributed by atoms with van der Waals surface area (Å²) >= 11 is 0. The van der Waals surface area contributed by atoms with Crippen LogP contribution in [0.2, 0.25) is 0 Å². The summed E-state index contributed by atoms with van der Waals surface area (Å²) in [4.78, 5) is 64.0. The molecule has 0 aromatic carbocycles. The summed E-state index contributed by atoms with van der Waals surface area (Å²) in [6.07, 6.45) is 10.2. The maximum Gasteiger partial charge on any atom is 0.246 e. The number of rotatable bonds is 19. The minimum absolute atomic E-state index is 0.0676. The van der Waals surface area contributed by atoms with E-state index in [1.54, 1.807) is 18.5 Å². The molecule has 2 aromatic rings. The van der Waals surface area contributed by atoms with Crippen LogP contribution in [-0.4, -0.2) is 79.6 Å². The van der Waals surface area contributed by atoms with E-state index in [9.17, 15) is 29.4 Å². The molecule has 13 nitrogen and oxygen atoms in total. The van der Waals surface area contributed by atoms with Gasteiger partial charge < -0.3 is 36.5 Å². The summed E-state index contributed by atoms with van der Waals surface area (Å²) in [5, 5.41) is 32.5. The predicted octanol–water partition coefficient (Wildman–Crippen LogP) is 2.15. The molecule has 1 aliphatic rings. The second-order valence-corrected chi connectivity index (χ2v) is 13.5. The molecule has 3 rings (SSSR count). The van der Waals surface area contributed by atoms with E-state index in [0.29, 0.717) is 30.1 Å². The lowest BCUT2D eigenvalue weighted by Gasteiger charge is -2.34. The smallest absolute Gasteiger partial charge is 0.246 e. The maximum absolute atomic E-state index is 13.8. The molecule has 0 spiro atoms. The van der Waals surface area contributed by atoms with Gasteiger partial charge in [0.15, 0.2) is 0 Å². The number of aromatic amines is 1. The third-order valence-electron chi connectivity index (χ3n) is 9.48. The topological polar surface area (TPSA) is 198 Å². The van der Waals surface area contributed by atoms with Crippen molar-refractivity contribution >= 4 is 23.6 Å². The zero-order valence-electron chi connectivity index (χ0n) is 28.8. The van der Waals surface area contributed by atoms with Gasteiger partial charge >= 0.3 is 0 Å². The third-order valence-corrected chi connectivity index (χ3v) is 9.48. The van der Waals surface area contributed by atoms with E-state index in [2.05, 4.69) is 36.2 Å². The van der Waals surface area contributed by atoms with E-state index in [1.807, 2.05) is 39.8 Å². The molecule has 6 atom stereocenters. The van der Waals surface area contributed by atoms with E-state index < -0.39 is 48.6 Å². The van der Waals surface area contributed by atoms with E-state index in [4.69, 9.17) is 0 Å². The van der Waals surface area contributed by atoms with Crippen molar-refractivity contribution in [1.29, 1.82) is 0 Å². The molecule has 4 amide bonds. The quantitative estimate of drug-likeness (QED) is 0.118. The van der Waals surface area contributed by atoms with Crippen molar-refractivity contribution in [2.24, 2.45) is 23.7 Å². The van der Waals surface area contributed by atoms with Gasteiger partial charge in [0.1, 0.15) is 18.7 Å². The first kappa shape index (κ1) is 38.6. The average molecular weight is 670 g/mol. The fourth-order valence-corrected chi connectivity index (χ4v) is 6.30. The molecule has 2 heterocycles. The number of amides is 4. The van der Waals surface area contributed by atoms with Crippen LogP contribution in [0.15, 0.2) is 36.9 Å². The molecule has 2 aromatic heterocycles. The van der Waals surface area contributed by atoms with E-state index >= 15 is 0 Å². The number of carbonyl (C=O) groups is 4. The number of carbonyl (C=O) groups excluding carboxylic acids is 4. The Balaban J connectivity index is 1.76. The van der Waals surface area contributed by atoms with Gasteiger partial charge in [-0.25, -0.2) is 4.98 Å². The Morgan fingerprint density at radius 1 is 1.00 bits per heavy atom. The third kappa shape index (κ3) is 12.3. The molecule has 0 bridgehead atoms. The van der Waals surface area contributed by atoms with Crippen molar-refractivity contribution in [2.45, 2.75) is 116 Å². The first-order chi connectivity index (χ1) is 23.0. The van der Waals surface area contributed by atoms with Crippen molar-refractivity contribution in [3.8, 4) is 0 Å². The lowest BCUT2D eigenvalue weighted by atomic mass is 9.81. The van der Waals surface area contributed by atoms with Gasteiger partial charge in [-0.1, -0.05) is 72.3 Å². The number of aliphatic hydroxyl groups excluding tert-OH is 2. The van der Waals surface area contributed by atoms with Crippen LogP contribution in [0.5, 0.6) is 0 Å². The lowest BCUT2D eigenvalue weighted by molar-refractivity contribution is -0.134. The SMILES string of the molecule is CC[C@H](C)[C@H](NC(=O)[C@@H](C[C@H](O)[C@H](CC1CCCCC1)NC(=O)[C@H](Cc1cnc[nH]1)NC(=O)CO)C(C)C)C(=O)NCc1ccccn1. The summed E-state index contributed by atoms with van der Waals surface area (Å²) in [5.74, 6) is -2.50. The van der Waals surface area contributed by atoms with E-state index in [0.717, 1.165) is 32.1 Å². The van der Waals surface area contributed by atoms with E-state index in [-0.39, 0.29) is 43.0 Å². The molecule has 48 heavy (non-hydrogen) atoms. The lowest BCUT2D eigenvalue weighted by Crippen LogP contribution is -2.55. The first-order valence-electron chi connectivity index (χ1n) is 17.4. The molecular formula is C35H55N7O6. The second kappa shape index (κ2) is 19.9. The Labute approximate surface area is 283 Å². The number of nitrogens with zero attached hydrogens (tertiary/aromatic N) is 2. The molecule has 266 valence electrons. The molecule has 7 N–H and O–H groups in total. The first-order valence-corrected chi connectivity index (χ1v) is 17.4. The van der Waals surface area contributed by atoms with Crippen molar-refractivity contribution in [2.75, 3.05) is 6.61 Å². The zero-order valence-corrected chi connectivity index (χ0v) is 28.8. The number of aliphatic hydroxyl groups is 2. The minimum atomic E-state index is -1.07. The Hall–Kier alpha value is -3.84. The van der Waals surface area contributed by atoms with Gasteiger partial charge in [-0.15, -0.1) is 0 Å². The van der Waals surface area contributed by atoms with Gasteiger partial charge in [0.25, 0.3) is 0 Å². The summed E-state index contributed by atoms with van der Waals surface area (Å²) in [5.41, 5.74) is 1.33. The van der Waals surface area contributed by atoms with Gasteiger partial charge in [0.2, 0.25) is 23.6 Å². The molecule has 1 aliphatic carbocycles. The number of hydrogen-bond donors (Lipinski definition) is 7. The van der Waals surface area contributed by atoms with Crippen LogP contribution in [0.1, 0.15) is 90.4 Å². The Morgan fingerprint density at radius 2 is 1.75 bits per heavy atom. The number of imidazole rings is 1. The van der Waals surface area contributed by atoms with Crippen LogP contribution >= 0.6 is 0 Å². The minimum Gasteiger partial charge on any atom is -0.391 e. The monoisotopic (exact) mass is 669 g/mol. The van der Waals surface area contributed by atoms with E-state index in [1.165, 1.54) is 6.33 Å². The molecule has 0 aliphatic heterocycles. The predicted molar refractivity (Wildman–Crippen MR) is 181 cm³/mol. The number of hydrogen-bond acceptors (Lipinski definition) is 8. The van der Waals surface area contributed by atoms with Crippen molar-refractivity contribution in [1.82, 2.24) is 36.2 Å². The van der Waals surface area contributed by atoms with Crippen molar-refractivity contribution < 1.29 is 29.4 Å². The molecule has 1 saturated carbocycles. The average Bonchev–Trinajstić information content (AvgIpc) is 3.61. The highest BCUT2D eigenvalue weighted by atomic mass is 16.3. The molecular weight excluding hydrogens is 614 g/mol. The normalized spacial score (nSPS) is 17.4. The second-order valence-electron chi connectivity index (χ2n) is 13.5. The largest absolute Gasteiger partial charge is 0.391 e. The number of aromatic nitrogens is 3. The highest BCUT2D eigenvalue weighted by Gasteiger charge is 2.35. The van der Waals surface area contributed by atoms with Gasteiger partial charge in [-0.3, -0.25) is 24.2 Å². The molecule has 0 unspecified atom stereocenters. The van der Waals surface area contributed by atoms with Gasteiger partial charge in [-0.05, 0) is 42.7 Å². The Bertz CT molecular complexity index is 1270. The highest BCUT2D eigenvalue weighted by Crippen LogP contribution is 2.30. The summed E-state index contributed by atoms with van der Waals surface area (Å²) in [6.45, 7) is 7.13. The fraction of sp³-hybridized carbons (Fsp3) is 0.657. The van der Waals surface area contributed by atoms with Crippen LogP contribution in [0.3, 0.4) is 0 Å². The molecule has 13 heteroatoms. The highest BCUT2D eigenvalue weighted by molar-refractivity contribution is 5.89. The van der Waals surface area contributed by atoms with Gasteiger partial charge in [0, 0.05) is 30.4 Å². The van der Waals surface area contributed by atoms with Gasteiger partial charge in [-0.2, -0.15) is 0 Å². The molecule has 0 radical (unpaired) electrons. The Morgan fingerprint density at radius 3 is 2.35 bits per heavy atom. The number of nitrogens with one attached hydrogen (secondary N) is 5. The molecule has 0 saturated heterocycles. The van der Waals surface area contributed by atoms with Crippen LogP contribution < -0.4 is 21.3 Å². The van der Waals surface area contributed by atoms with Crippen LogP contribution in [0.4, 0.5) is 0 Å². The number of H-pyrrole nitrogens is 1. The summed E-state index contributed by atoms with van der Waals surface area (Å²) in [7, 11) is 0. The Kier molecular flexibility index (Phi) is 16.0. The van der Waals surface area contributed by atoms with Crippen LogP contribution in [0.25, 0.3) is 0 Å². The number of pyridine rings is 1. The van der Waals surface area contributed by atoms with Crippen LogP contribution in [0, 0.1) is 23.7 Å². The summed E-state index contributed by atoms with van der Waals surface area (Å²) < 4.78 is 0. The van der Waals surface area contributed by atoms with Crippen LogP contribution in [-0.2, 0) is 32.1 Å². The zero-order chi connectivity index (χ0) is 35.1. The van der Waals surface area contributed by atoms with Crippen molar-refractivity contribution in [3.63, 3.8) is 0 Å². The fourth-order valence-electron chi connectivity index (χ4n) is 6.30. The maximum atomic E-state index is 13.8. The molecule has 1 fully saturated rings. The van der Waals surface area contributed by atoms with Gasteiger partial charge in [0.05, 0.1) is 30.7 Å².